The van der Waals surface area contributed by atoms with Crippen molar-refractivity contribution >= 4 is 8.59 Å². The third-order valence-corrected chi connectivity index (χ3v) is 5.40. The lowest BCUT2D eigenvalue weighted by Gasteiger charge is -2.21. The molecule has 2 nitrogen and oxygen atoms in total. The van der Waals surface area contributed by atoms with Crippen LogP contribution in [0.25, 0.3) is 0 Å². The van der Waals surface area contributed by atoms with Crippen LogP contribution in [0.15, 0.2) is 4.80 Å². The third kappa shape index (κ3) is 3.14. The summed E-state index contributed by atoms with van der Waals surface area (Å²) in [5.41, 5.74) is 0. The number of hydrogen-bond donors (Lipinski definition) is 1. The molecule has 11 heavy (non-hydrogen) atoms. The molecule has 0 rings (SSSR count). The monoisotopic (exact) mass is 173 g/mol. The molecule has 0 aromatic heterocycles. The summed E-state index contributed by atoms with van der Waals surface area (Å²) in [5, 5.41) is 9.04. The minimum Gasteiger partial charge on any atom is -0.421 e. The van der Waals surface area contributed by atoms with Gasteiger partial charge in [0, 0.05) is 0 Å². The summed E-state index contributed by atoms with van der Waals surface area (Å²) in [6.07, 6.45) is 2.23. The molecule has 0 spiro atoms. The minimum absolute atomic E-state index is 0.245. The van der Waals surface area contributed by atoms with Gasteiger partial charge in [-0.3, -0.25) is 0 Å². The Balaban J connectivity index is 4.25. The van der Waals surface area contributed by atoms with Crippen LogP contribution in [0, 0.1) is 0 Å². The van der Waals surface area contributed by atoms with Crippen LogP contribution in [-0.4, -0.2) is 13.8 Å². The zero-order valence-electron chi connectivity index (χ0n) is 8.02. The molecule has 0 aromatic rings. The maximum absolute atomic E-state index is 8.79. The van der Waals surface area contributed by atoms with Crippen molar-refractivity contribution < 1.29 is 5.21 Å². The van der Waals surface area contributed by atoms with Gasteiger partial charge in [0.2, 0.25) is 0 Å². The van der Waals surface area contributed by atoms with Gasteiger partial charge in [0.1, 0.15) is 0 Å². The molecule has 0 aromatic carbocycles. The molecule has 3 heteroatoms. The maximum Gasteiger partial charge on any atom is 0.185 e. The van der Waals surface area contributed by atoms with Crippen molar-refractivity contribution in [2.75, 3.05) is 0 Å². The first-order valence-corrected chi connectivity index (χ1v) is 5.95. The van der Waals surface area contributed by atoms with Gasteiger partial charge in [-0.05, 0) is 17.5 Å². The van der Waals surface area contributed by atoms with E-state index in [1.54, 1.807) is 0 Å². The second-order valence-electron chi connectivity index (χ2n) is 3.53. The van der Waals surface area contributed by atoms with Gasteiger partial charge in [-0.2, -0.15) is 4.80 Å². The van der Waals surface area contributed by atoms with Crippen LogP contribution in [-0.2, 0) is 0 Å². The summed E-state index contributed by atoms with van der Waals surface area (Å²) >= 11 is 0. The Labute approximate surface area is 70.9 Å². The van der Waals surface area contributed by atoms with E-state index in [-0.39, 0.29) is 5.04 Å². The fraction of sp³-hybridized carbons (Fsp3) is 1.00. The zero-order chi connectivity index (χ0) is 8.91. The summed E-state index contributed by atoms with van der Waals surface area (Å²) in [6, 6.07) is 1.09. The van der Waals surface area contributed by atoms with Crippen molar-refractivity contribution in [1.82, 2.24) is 0 Å². The molecular formula is C8H19NOSi. The van der Waals surface area contributed by atoms with Crippen LogP contribution in [0.4, 0.5) is 0 Å². The zero-order valence-corrected chi connectivity index (χ0v) is 9.02. The quantitative estimate of drug-likeness (QED) is 0.514. The average Bonchev–Trinajstić information content (AvgIpc) is 2.00. The molecule has 0 radical (unpaired) electrons. The molecule has 1 N–H and O–H groups in total. The van der Waals surface area contributed by atoms with E-state index in [4.69, 9.17) is 5.21 Å². The van der Waals surface area contributed by atoms with Crippen LogP contribution >= 0.6 is 0 Å². The third-order valence-electron chi connectivity index (χ3n) is 2.27. The molecule has 0 fully saturated rings. The molecule has 66 valence electrons. The van der Waals surface area contributed by atoms with Crippen molar-refractivity contribution in [3.8, 4) is 0 Å². The summed E-state index contributed by atoms with van der Waals surface area (Å²) in [5.74, 6) is 0. The van der Waals surface area contributed by atoms with Crippen LogP contribution in [0.5, 0.6) is 0 Å². The Morgan fingerprint density at radius 1 is 1.36 bits per heavy atom. The Kier molecular flexibility index (Phi) is 4.57. The van der Waals surface area contributed by atoms with Gasteiger partial charge in [-0.1, -0.05) is 34.1 Å². The SMILES string of the molecule is CCC[Si](=NO)C(C)(C)CC. The largest absolute Gasteiger partial charge is 0.421 e. The van der Waals surface area contributed by atoms with Gasteiger partial charge in [-0.15, -0.1) is 0 Å². The summed E-state index contributed by atoms with van der Waals surface area (Å²) in [6.45, 7) is 8.68. The Morgan fingerprint density at radius 3 is 2.18 bits per heavy atom. The second kappa shape index (κ2) is 4.65. The lowest BCUT2D eigenvalue weighted by molar-refractivity contribution is 0.318. The molecular weight excluding hydrogens is 154 g/mol. The van der Waals surface area contributed by atoms with Crippen LogP contribution in [0.3, 0.4) is 0 Å². The Morgan fingerprint density at radius 2 is 1.91 bits per heavy atom. The fourth-order valence-electron chi connectivity index (χ4n) is 0.965. The molecule has 0 unspecified atom stereocenters. The van der Waals surface area contributed by atoms with E-state index in [1.165, 1.54) is 0 Å². The molecule has 0 bridgehead atoms. The molecule has 0 amide bonds. The van der Waals surface area contributed by atoms with Crippen molar-refractivity contribution in [3.05, 3.63) is 0 Å². The van der Waals surface area contributed by atoms with E-state index >= 15 is 0 Å². The molecule has 0 aliphatic rings. The highest BCUT2D eigenvalue weighted by molar-refractivity contribution is 6.50. The first kappa shape index (κ1) is 10.8. The summed E-state index contributed by atoms with van der Waals surface area (Å²) in [4.78, 5) is 3.52. The summed E-state index contributed by atoms with van der Waals surface area (Å²) < 4.78 is 0. The van der Waals surface area contributed by atoms with Crippen LogP contribution in [0.1, 0.15) is 40.5 Å². The number of nitrogens with zero attached hydrogens (tertiary/aromatic N) is 1. The predicted molar refractivity (Wildman–Crippen MR) is 49.4 cm³/mol. The Hall–Kier alpha value is -0.183. The highest BCUT2D eigenvalue weighted by Crippen LogP contribution is 2.31. The molecule has 0 saturated heterocycles. The minimum atomic E-state index is -0.881. The van der Waals surface area contributed by atoms with E-state index in [2.05, 4.69) is 32.5 Å². The molecule has 0 atom stereocenters. The van der Waals surface area contributed by atoms with Gasteiger partial charge >= 0.3 is 0 Å². The molecule has 0 aliphatic carbocycles. The van der Waals surface area contributed by atoms with E-state index < -0.39 is 8.59 Å². The first-order chi connectivity index (χ1) is 5.08. The smallest absolute Gasteiger partial charge is 0.185 e. The lowest BCUT2D eigenvalue weighted by Crippen LogP contribution is -2.18. The molecule has 0 aliphatic heterocycles. The van der Waals surface area contributed by atoms with Crippen molar-refractivity contribution in [2.45, 2.75) is 51.6 Å². The molecule has 0 saturated carbocycles. The van der Waals surface area contributed by atoms with E-state index in [9.17, 15) is 0 Å². The second-order valence-corrected chi connectivity index (χ2v) is 6.48. The normalized spacial score (nSPS) is 13.6. The topological polar surface area (TPSA) is 32.6 Å². The molecule has 0 heterocycles. The predicted octanol–water partition coefficient (Wildman–Crippen LogP) is 3.24. The van der Waals surface area contributed by atoms with Gasteiger partial charge in [0.05, 0.1) is 0 Å². The van der Waals surface area contributed by atoms with E-state index in [0.717, 1.165) is 18.9 Å². The summed E-state index contributed by atoms with van der Waals surface area (Å²) in [7, 11) is -0.881. The fourth-order valence-corrected chi connectivity index (χ4v) is 2.89. The van der Waals surface area contributed by atoms with Gasteiger partial charge in [0.15, 0.2) is 8.59 Å². The van der Waals surface area contributed by atoms with Crippen molar-refractivity contribution in [2.24, 2.45) is 4.80 Å². The highest BCUT2D eigenvalue weighted by atomic mass is 28.2. The van der Waals surface area contributed by atoms with Crippen molar-refractivity contribution in [3.63, 3.8) is 0 Å². The van der Waals surface area contributed by atoms with Crippen LogP contribution < -0.4 is 0 Å². The first-order valence-electron chi connectivity index (χ1n) is 4.29. The van der Waals surface area contributed by atoms with Crippen LogP contribution in [0.2, 0.25) is 11.1 Å². The highest BCUT2D eigenvalue weighted by Gasteiger charge is 2.24. The van der Waals surface area contributed by atoms with Crippen molar-refractivity contribution in [1.29, 1.82) is 0 Å². The van der Waals surface area contributed by atoms with E-state index in [0.29, 0.717) is 0 Å². The van der Waals surface area contributed by atoms with Gasteiger partial charge < -0.3 is 5.21 Å². The van der Waals surface area contributed by atoms with E-state index in [1.807, 2.05) is 0 Å². The standard InChI is InChI=1S/C8H19NOSi/c1-5-7-11(9-10)8(3,4)6-2/h10H,5-7H2,1-4H3. The van der Waals surface area contributed by atoms with Gasteiger partial charge in [0.25, 0.3) is 0 Å². The Bertz CT molecular complexity index is 143. The lowest BCUT2D eigenvalue weighted by atomic mass is 10.1. The van der Waals surface area contributed by atoms with Gasteiger partial charge in [-0.25, -0.2) is 0 Å². The average molecular weight is 173 g/mol. The number of hydrogen-bond acceptors (Lipinski definition) is 2. The number of rotatable bonds is 4. The maximum atomic E-state index is 8.79.